The third-order valence-electron chi connectivity index (χ3n) is 2.88. The van der Waals surface area contributed by atoms with Crippen molar-refractivity contribution < 1.29 is 14.7 Å². The monoisotopic (exact) mass is 229 g/mol. The summed E-state index contributed by atoms with van der Waals surface area (Å²) in [5, 5.41) is 12.0. The lowest BCUT2D eigenvalue weighted by molar-refractivity contribution is -0.145. The molecule has 2 N–H and O–H groups in total. The summed E-state index contributed by atoms with van der Waals surface area (Å²) in [6.45, 7) is 4.45. The van der Waals surface area contributed by atoms with Gasteiger partial charge in [0.1, 0.15) is 6.04 Å². The van der Waals surface area contributed by atoms with Crippen LogP contribution in [-0.2, 0) is 9.59 Å². The number of amides is 1. The van der Waals surface area contributed by atoms with E-state index in [1.54, 1.807) is 16.8 Å². The Morgan fingerprint density at radius 2 is 2.25 bits per heavy atom. The van der Waals surface area contributed by atoms with Gasteiger partial charge in [-0.1, -0.05) is 0 Å². The highest BCUT2D eigenvalue weighted by Crippen LogP contribution is 2.04. The zero-order chi connectivity index (χ0) is 12.1. The van der Waals surface area contributed by atoms with Gasteiger partial charge in [-0.25, -0.2) is 0 Å². The summed E-state index contributed by atoms with van der Waals surface area (Å²) in [6, 6.07) is -0.594. The number of likely N-dealkylation sites (N-methyl/N-ethyl adjacent to an activating group) is 1. The van der Waals surface area contributed by atoms with Crippen LogP contribution in [0, 0.1) is 0 Å². The van der Waals surface area contributed by atoms with Crippen molar-refractivity contribution in [1.82, 2.24) is 15.1 Å². The quantitative estimate of drug-likeness (QED) is 0.635. The third kappa shape index (κ3) is 3.18. The first kappa shape index (κ1) is 12.9. The Labute approximate surface area is 95.2 Å². The molecule has 0 radical (unpaired) electrons. The Morgan fingerprint density at radius 1 is 1.56 bits per heavy atom. The van der Waals surface area contributed by atoms with Crippen LogP contribution in [0.2, 0.25) is 0 Å². The summed E-state index contributed by atoms with van der Waals surface area (Å²) < 4.78 is 0. The second kappa shape index (κ2) is 5.81. The molecular weight excluding hydrogens is 210 g/mol. The molecule has 0 aliphatic carbocycles. The van der Waals surface area contributed by atoms with Crippen LogP contribution in [0.3, 0.4) is 0 Å². The third-order valence-corrected chi connectivity index (χ3v) is 2.88. The highest BCUT2D eigenvalue weighted by molar-refractivity contribution is 5.80. The van der Waals surface area contributed by atoms with Crippen molar-refractivity contribution in [2.75, 3.05) is 39.8 Å². The van der Waals surface area contributed by atoms with E-state index in [0.717, 1.165) is 6.54 Å². The SMILES string of the molecule is CCN(C)C(=O)CN1CCNCC1C(=O)O. The van der Waals surface area contributed by atoms with Gasteiger partial charge in [0.05, 0.1) is 6.54 Å². The van der Waals surface area contributed by atoms with Gasteiger partial charge < -0.3 is 15.3 Å². The topological polar surface area (TPSA) is 72.9 Å². The molecule has 1 saturated heterocycles. The number of carboxylic acids is 1. The lowest BCUT2D eigenvalue weighted by atomic mass is 10.2. The molecule has 1 rings (SSSR count). The number of piperazine rings is 1. The molecule has 1 fully saturated rings. The fourth-order valence-corrected chi connectivity index (χ4v) is 1.65. The predicted molar refractivity (Wildman–Crippen MR) is 59.2 cm³/mol. The van der Waals surface area contributed by atoms with Crippen molar-refractivity contribution in [3.63, 3.8) is 0 Å². The summed E-state index contributed by atoms with van der Waals surface area (Å²) in [6.07, 6.45) is 0. The van der Waals surface area contributed by atoms with E-state index >= 15 is 0 Å². The standard InChI is InChI=1S/C10H19N3O3/c1-3-12(2)9(14)7-13-5-4-11-6-8(13)10(15)16/h8,11H,3-7H2,1-2H3,(H,15,16). The summed E-state index contributed by atoms with van der Waals surface area (Å²) >= 11 is 0. The lowest BCUT2D eigenvalue weighted by Crippen LogP contribution is -2.57. The van der Waals surface area contributed by atoms with Crippen molar-refractivity contribution in [2.24, 2.45) is 0 Å². The minimum absolute atomic E-state index is 0.0318. The Bertz CT molecular complexity index is 270. The molecule has 1 amide bonds. The molecule has 0 aromatic rings. The smallest absolute Gasteiger partial charge is 0.322 e. The van der Waals surface area contributed by atoms with Gasteiger partial charge >= 0.3 is 5.97 Å². The van der Waals surface area contributed by atoms with E-state index < -0.39 is 12.0 Å². The van der Waals surface area contributed by atoms with Gasteiger partial charge in [-0.3, -0.25) is 14.5 Å². The molecule has 1 aliphatic heterocycles. The van der Waals surface area contributed by atoms with Crippen molar-refractivity contribution in [2.45, 2.75) is 13.0 Å². The summed E-state index contributed by atoms with van der Waals surface area (Å²) in [5.41, 5.74) is 0. The van der Waals surface area contributed by atoms with Gasteiger partial charge in [-0.15, -0.1) is 0 Å². The van der Waals surface area contributed by atoms with E-state index in [2.05, 4.69) is 5.32 Å². The van der Waals surface area contributed by atoms with Crippen LogP contribution in [-0.4, -0.2) is 72.6 Å². The van der Waals surface area contributed by atoms with E-state index in [4.69, 9.17) is 5.11 Å². The van der Waals surface area contributed by atoms with Crippen LogP contribution in [0.15, 0.2) is 0 Å². The fourth-order valence-electron chi connectivity index (χ4n) is 1.65. The average molecular weight is 229 g/mol. The van der Waals surface area contributed by atoms with E-state index in [0.29, 0.717) is 19.6 Å². The number of hydrogen-bond acceptors (Lipinski definition) is 4. The Kier molecular flexibility index (Phi) is 4.70. The number of nitrogens with zero attached hydrogens (tertiary/aromatic N) is 2. The minimum atomic E-state index is -0.876. The predicted octanol–water partition coefficient (Wildman–Crippen LogP) is -1.18. The van der Waals surface area contributed by atoms with E-state index in [-0.39, 0.29) is 12.5 Å². The Morgan fingerprint density at radius 3 is 2.81 bits per heavy atom. The number of rotatable bonds is 4. The normalized spacial score (nSPS) is 21.8. The zero-order valence-electron chi connectivity index (χ0n) is 9.77. The molecule has 16 heavy (non-hydrogen) atoms. The summed E-state index contributed by atoms with van der Waals surface area (Å²) in [4.78, 5) is 26.0. The maximum absolute atomic E-state index is 11.7. The minimum Gasteiger partial charge on any atom is -0.480 e. The number of carbonyl (C=O) groups is 2. The van der Waals surface area contributed by atoms with Crippen molar-refractivity contribution in [3.8, 4) is 0 Å². The Hall–Kier alpha value is -1.14. The first-order valence-electron chi connectivity index (χ1n) is 5.47. The van der Waals surface area contributed by atoms with Gasteiger partial charge in [-0.05, 0) is 6.92 Å². The summed E-state index contributed by atoms with van der Waals surface area (Å²) in [7, 11) is 1.72. The number of hydrogen-bond donors (Lipinski definition) is 2. The molecule has 0 aromatic carbocycles. The Balaban J connectivity index is 2.56. The van der Waals surface area contributed by atoms with Gasteiger partial charge in [0.15, 0.2) is 0 Å². The van der Waals surface area contributed by atoms with Crippen LogP contribution in [0.4, 0.5) is 0 Å². The molecule has 0 saturated carbocycles. The molecule has 6 nitrogen and oxygen atoms in total. The second-order valence-corrected chi connectivity index (χ2v) is 3.94. The van der Waals surface area contributed by atoms with Gasteiger partial charge in [0, 0.05) is 33.2 Å². The number of carboxylic acid groups (broad SMARTS) is 1. The largest absolute Gasteiger partial charge is 0.480 e. The fraction of sp³-hybridized carbons (Fsp3) is 0.800. The molecular formula is C10H19N3O3. The number of nitrogens with one attached hydrogen (secondary N) is 1. The van der Waals surface area contributed by atoms with E-state index in [1.807, 2.05) is 6.92 Å². The maximum Gasteiger partial charge on any atom is 0.322 e. The number of carbonyl (C=O) groups excluding carboxylic acids is 1. The molecule has 1 atom stereocenters. The molecule has 0 spiro atoms. The van der Waals surface area contributed by atoms with Crippen molar-refractivity contribution >= 4 is 11.9 Å². The van der Waals surface area contributed by atoms with Gasteiger partial charge in [0.2, 0.25) is 5.91 Å². The molecule has 1 heterocycles. The lowest BCUT2D eigenvalue weighted by Gasteiger charge is -2.33. The van der Waals surface area contributed by atoms with Crippen LogP contribution in [0.1, 0.15) is 6.92 Å². The number of aliphatic carboxylic acids is 1. The maximum atomic E-state index is 11.7. The van der Waals surface area contributed by atoms with E-state index in [1.165, 1.54) is 0 Å². The highest BCUT2D eigenvalue weighted by Gasteiger charge is 2.29. The molecule has 6 heteroatoms. The van der Waals surface area contributed by atoms with Crippen LogP contribution in [0.25, 0.3) is 0 Å². The second-order valence-electron chi connectivity index (χ2n) is 3.94. The zero-order valence-corrected chi connectivity index (χ0v) is 9.77. The van der Waals surface area contributed by atoms with Gasteiger partial charge in [0.25, 0.3) is 0 Å². The molecule has 92 valence electrons. The molecule has 1 aliphatic rings. The molecule has 1 unspecified atom stereocenters. The van der Waals surface area contributed by atoms with Crippen LogP contribution >= 0.6 is 0 Å². The molecule has 0 aromatic heterocycles. The first-order valence-corrected chi connectivity index (χ1v) is 5.47. The molecule has 0 bridgehead atoms. The summed E-state index contributed by atoms with van der Waals surface area (Å²) in [5.74, 6) is -0.908. The van der Waals surface area contributed by atoms with Crippen molar-refractivity contribution in [3.05, 3.63) is 0 Å². The van der Waals surface area contributed by atoms with E-state index in [9.17, 15) is 9.59 Å². The van der Waals surface area contributed by atoms with Crippen LogP contribution in [0.5, 0.6) is 0 Å². The highest BCUT2D eigenvalue weighted by atomic mass is 16.4. The van der Waals surface area contributed by atoms with Gasteiger partial charge in [-0.2, -0.15) is 0 Å². The van der Waals surface area contributed by atoms with Crippen LogP contribution < -0.4 is 5.32 Å². The van der Waals surface area contributed by atoms with Crippen molar-refractivity contribution in [1.29, 1.82) is 0 Å². The first-order chi connectivity index (χ1) is 7.56. The average Bonchev–Trinajstić information content (AvgIpc) is 2.28.